The van der Waals surface area contributed by atoms with Gasteiger partial charge in [-0.2, -0.15) is 0 Å². The lowest BCUT2D eigenvalue weighted by Crippen LogP contribution is -2.50. The number of likely N-dealkylation sites (tertiary alicyclic amines) is 1. The number of likely N-dealkylation sites (N-methyl/N-ethyl adjacent to an activating group) is 1. The minimum atomic E-state index is -0.365. The monoisotopic (exact) mass is 284 g/mol. The van der Waals surface area contributed by atoms with Crippen molar-refractivity contribution < 1.29 is 14.3 Å². The molecule has 0 spiro atoms. The van der Waals surface area contributed by atoms with Crippen LogP contribution >= 0.6 is 0 Å². The molecule has 3 atom stereocenters. The molecule has 0 saturated carbocycles. The summed E-state index contributed by atoms with van der Waals surface area (Å²) in [6.07, 6.45) is 5.41. The van der Waals surface area contributed by atoms with Crippen molar-refractivity contribution >= 4 is 5.91 Å². The summed E-state index contributed by atoms with van der Waals surface area (Å²) < 4.78 is 11.4. The van der Waals surface area contributed by atoms with E-state index in [1.54, 1.807) is 0 Å². The van der Waals surface area contributed by atoms with Crippen LogP contribution in [0, 0.1) is 0 Å². The van der Waals surface area contributed by atoms with E-state index in [2.05, 4.69) is 5.32 Å². The van der Waals surface area contributed by atoms with Gasteiger partial charge in [-0.15, -0.1) is 0 Å². The number of carbonyl (C=O) groups excluding carboxylic acids is 1. The summed E-state index contributed by atoms with van der Waals surface area (Å²) >= 11 is 0. The van der Waals surface area contributed by atoms with Crippen molar-refractivity contribution in [2.45, 2.75) is 57.3 Å². The zero-order valence-electron chi connectivity index (χ0n) is 12.8. The first kappa shape index (κ1) is 15.7. The van der Waals surface area contributed by atoms with Crippen molar-refractivity contribution in [2.24, 2.45) is 0 Å². The molecule has 1 N–H and O–H groups in total. The predicted octanol–water partition coefficient (Wildman–Crippen LogP) is 1.17. The fraction of sp³-hybridized carbons (Fsp3) is 0.933. The van der Waals surface area contributed by atoms with Gasteiger partial charge in [-0.25, -0.2) is 0 Å². The Morgan fingerprint density at radius 2 is 2.25 bits per heavy atom. The van der Waals surface area contributed by atoms with Gasteiger partial charge >= 0.3 is 0 Å². The largest absolute Gasteiger partial charge is 0.376 e. The van der Waals surface area contributed by atoms with E-state index in [4.69, 9.17) is 9.47 Å². The molecule has 0 aromatic rings. The first-order chi connectivity index (χ1) is 9.70. The highest BCUT2D eigenvalue weighted by atomic mass is 16.5. The first-order valence-electron chi connectivity index (χ1n) is 7.90. The zero-order valence-corrected chi connectivity index (χ0v) is 12.8. The van der Waals surface area contributed by atoms with E-state index in [1.807, 2.05) is 18.9 Å². The van der Waals surface area contributed by atoms with Crippen LogP contribution in [0.3, 0.4) is 0 Å². The van der Waals surface area contributed by atoms with Gasteiger partial charge in [0.2, 0.25) is 0 Å². The quantitative estimate of drug-likeness (QED) is 0.823. The normalized spacial score (nSPS) is 29.2. The summed E-state index contributed by atoms with van der Waals surface area (Å²) in [7, 11) is 1.96. The van der Waals surface area contributed by atoms with Crippen LogP contribution in [0.4, 0.5) is 0 Å². The Morgan fingerprint density at radius 1 is 1.40 bits per heavy atom. The molecule has 116 valence electrons. The second kappa shape index (κ2) is 7.96. The molecule has 2 rings (SSSR count). The maximum absolute atomic E-state index is 12.4. The van der Waals surface area contributed by atoms with Gasteiger partial charge < -0.3 is 19.7 Å². The van der Waals surface area contributed by atoms with Crippen LogP contribution < -0.4 is 5.32 Å². The van der Waals surface area contributed by atoms with Crippen molar-refractivity contribution in [2.75, 3.05) is 33.4 Å². The van der Waals surface area contributed by atoms with E-state index < -0.39 is 0 Å². The number of nitrogens with one attached hydrogen (secondary N) is 1. The van der Waals surface area contributed by atoms with E-state index in [-0.39, 0.29) is 18.1 Å². The van der Waals surface area contributed by atoms with E-state index in [0.717, 1.165) is 45.4 Å². The number of ether oxygens (including phenoxy) is 2. The molecule has 0 radical (unpaired) electrons. The smallest absolute Gasteiger partial charge is 0.251 e. The topological polar surface area (TPSA) is 50.8 Å². The standard InChI is InChI=1S/C15H28N2O3/c1-12(20-11-14-7-3-4-9-19-14)15(18)17-8-5-6-13(10-17)16-2/h12-14,16H,3-11H2,1-2H3. The summed E-state index contributed by atoms with van der Waals surface area (Å²) in [5.41, 5.74) is 0. The lowest BCUT2D eigenvalue weighted by atomic mass is 10.1. The Kier molecular flexibility index (Phi) is 6.26. The highest BCUT2D eigenvalue weighted by Crippen LogP contribution is 2.15. The summed E-state index contributed by atoms with van der Waals surface area (Å²) in [5, 5.41) is 3.26. The van der Waals surface area contributed by atoms with Crippen LogP contribution in [-0.2, 0) is 14.3 Å². The number of carbonyl (C=O) groups is 1. The number of hydrogen-bond donors (Lipinski definition) is 1. The van der Waals surface area contributed by atoms with Crippen molar-refractivity contribution in [3.8, 4) is 0 Å². The molecule has 20 heavy (non-hydrogen) atoms. The van der Waals surface area contributed by atoms with Crippen LogP contribution in [0.25, 0.3) is 0 Å². The zero-order chi connectivity index (χ0) is 14.4. The molecule has 3 unspecified atom stereocenters. The molecule has 0 aliphatic carbocycles. The third kappa shape index (κ3) is 4.43. The third-order valence-corrected chi connectivity index (χ3v) is 4.30. The molecule has 0 aromatic carbocycles. The van der Waals surface area contributed by atoms with E-state index in [1.165, 1.54) is 6.42 Å². The van der Waals surface area contributed by atoms with Gasteiger partial charge in [-0.3, -0.25) is 4.79 Å². The average molecular weight is 284 g/mol. The molecule has 2 fully saturated rings. The molecule has 5 nitrogen and oxygen atoms in total. The van der Waals surface area contributed by atoms with Crippen molar-refractivity contribution in [3.63, 3.8) is 0 Å². The van der Waals surface area contributed by atoms with Crippen LogP contribution in [0.1, 0.15) is 39.0 Å². The van der Waals surface area contributed by atoms with Gasteiger partial charge in [-0.1, -0.05) is 0 Å². The summed E-state index contributed by atoms with van der Waals surface area (Å²) in [4.78, 5) is 14.3. The Bertz CT molecular complexity index is 305. The Hall–Kier alpha value is -0.650. The third-order valence-electron chi connectivity index (χ3n) is 4.30. The molecule has 2 aliphatic rings. The van der Waals surface area contributed by atoms with Crippen LogP contribution in [0.5, 0.6) is 0 Å². The van der Waals surface area contributed by atoms with Crippen LogP contribution in [-0.4, -0.2) is 62.4 Å². The van der Waals surface area contributed by atoms with Crippen LogP contribution in [0.2, 0.25) is 0 Å². The molecule has 0 aromatic heterocycles. The van der Waals surface area contributed by atoms with Gasteiger partial charge in [0.1, 0.15) is 6.10 Å². The number of hydrogen-bond acceptors (Lipinski definition) is 4. The summed E-state index contributed by atoms with van der Waals surface area (Å²) in [6.45, 7) is 4.87. The maximum atomic E-state index is 12.4. The van der Waals surface area contributed by atoms with Gasteiger partial charge in [0, 0.05) is 25.7 Å². The SMILES string of the molecule is CNC1CCCN(C(=O)C(C)OCC2CCCCO2)C1. The lowest BCUT2D eigenvalue weighted by molar-refractivity contribution is -0.147. The predicted molar refractivity (Wildman–Crippen MR) is 77.7 cm³/mol. The van der Waals surface area contributed by atoms with Gasteiger partial charge in [0.05, 0.1) is 12.7 Å². The lowest BCUT2D eigenvalue weighted by Gasteiger charge is -2.34. The molecule has 1 amide bonds. The molecule has 5 heteroatoms. The minimum Gasteiger partial charge on any atom is -0.376 e. The molecule has 2 saturated heterocycles. The van der Waals surface area contributed by atoms with Gasteiger partial charge in [0.15, 0.2) is 0 Å². The minimum absolute atomic E-state index is 0.112. The van der Waals surface area contributed by atoms with E-state index in [9.17, 15) is 4.79 Å². The van der Waals surface area contributed by atoms with Crippen molar-refractivity contribution in [3.05, 3.63) is 0 Å². The number of piperidine rings is 1. The Balaban J connectivity index is 1.73. The van der Waals surface area contributed by atoms with E-state index in [0.29, 0.717) is 12.6 Å². The second-order valence-electron chi connectivity index (χ2n) is 5.88. The highest BCUT2D eigenvalue weighted by Gasteiger charge is 2.27. The molecule has 0 bridgehead atoms. The summed E-state index contributed by atoms with van der Waals surface area (Å²) in [5.74, 6) is 0.112. The molecule has 2 heterocycles. The maximum Gasteiger partial charge on any atom is 0.251 e. The fourth-order valence-corrected chi connectivity index (χ4v) is 2.93. The summed E-state index contributed by atoms with van der Waals surface area (Å²) in [6, 6.07) is 0.418. The van der Waals surface area contributed by atoms with Gasteiger partial charge in [0.25, 0.3) is 5.91 Å². The number of rotatable bonds is 5. The van der Waals surface area contributed by atoms with E-state index >= 15 is 0 Å². The first-order valence-corrected chi connectivity index (χ1v) is 7.90. The number of amides is 1. The van der Waals surface area contributed by atoms with Crippen LogP contribution in [0.15, 0.2) is 0 Å². The Labute approximate surface area is 122 Å². The van der Waals surface area contributed by atoms with Gasteiger partial charge in [-0.05, 0) is 46.1 Å². The Morgan fingerprint density at radius 3 is 2.95 bits per heavy atom. The fourth-order valence-electron chi connectivity index (χ4n) is 2.93. The molecule has 2 aliphatic heterocycles. The van der Waals surface area contributed by atoms with Crippen molar-refractivity contribution in [1.82, 2.24) is 10.2 Å². The number of nitrogens with zero attached hydrogens (tertiary/aromatic N) is 1. The average Bonchev–Trinajstić information content (AvgIpc) is 2.53. The second-order valence-corrected chi connectivity index (χ2v) is 5.88. The molecular formula is C15H28N2O3. The molecular weight excluding hydrogens is 256 g/mol. The highest BCUT2D eigenvalue weighted by molar-refractivity contribution is 5.80. The van der Waals surface area contributed by atoms with Crippen molar-refractivity contribution in [1.29, 1.82) is 0 Å².